The summed E-state index contributed by atoms with van der Waals surface area (Å²) in [7, 11) is 0. The van der Waals surface area contributed by atoms with E-state index in [0.29, 0.717) is 47.6 Å². The first-order valence-electron chi connectivity index (χ1n) is 12.0. The number of morpholine rings is 1. The van der Waals surface area contributed by atoms with E-state index in [-0.39, 0.29) is 11.6 Å². The zero-order valence-corrected chi connectivity index (χ0v) is 21.4. The molecule has 2 aliphatic rings. The molecule has 5 rings (SSSR count). The molecule has 0 N–H and O–H groups in total. The number of non-ortho nitro benzene ring substituents is 1. The molecule has 3 aromatic rings. The molecule has 8 nitrogen and oxygen atoms in total. The molecule has 0 saturated carbocycles. The minimum atomic E-state index is -0.419. The highest BCUT2D eigenvalue weighted by Gasteiger charge is 2.35. The fourth-order valence-corrected chi connectivity index (χ4v) is 5.20. The molecular weight excluding hydrogens is 488 g/mol. The van der Waals surface area contributed by atoms with Gasteiger partial charge in [0.05, 0.1) is 34.4 Å². The van der Waals surface area contributed by atoms with E-state index in [1.165, 1.54) is 23.9 Å². The summed E-state index contributed by atoms with van der Waals surface area (Å²) >= 11 is 1.26. The van der Waals surface area contributed by atoms with Crippen molar-refractivity contribution in [1.29, 1.82) is 0 Å². The van der Waals surface area contributed by atoms with E-state index < -0.39 is 4.92 Å². The predicted molar refractivity (Wildman–Crippen MR) is 149 cm³/mol. The minimum absolute atomic E-state index is 0.0248. The Morgan fingerprint density at radius 3 is 2.27 bits per heavy atom. The van der Waals surface area contributed by atoms with Crippen LogP contribution in [0.5, 0.6) is 0 Å². The first-order valence-corrected chi connectivity index (χ1v) is 12.8. The molecule has 0 aromatic heterocycles. The van der Waals surface area contributed by atoms with Crippen molar-refractivity contribution in [2.75, 3.05) is 36.1 Å². The van der Waals surface area contributed by atoms with Crippen LogP contribution in [0.25, 0.3) is 6.08 Å². The maximum absolute atomic E-state index is 13.7. The van der Waals surface area contributed by atoms with Gasteiger partial charge in [0.1, 0.15) is 0 Å². The molecule has 9 heteroatoms. The summed E-state index contributed by atoms with van der Waals surface area (Å²) in [6.45, 7) is 6.50. The molecule has 0 atom stereocenters. The van der Waals surface area contributed by atoms with Gasteiger partial charge in [-0.25, -0.2) is 4.99 Å². The molecule has 0 spiro atoms. The van der Waals surface area contributed by atoms with Gasteiger partial charge in [-0.1, -0.05) is 35.4 Å². The van der Waals surface area contributed by atoms with E-state index in [4.69, 9.17) is 9.73 Å². The fourth-order valence-electron chi connectivity index (χ4n) is 4.20. The normalized spacial score (nSPS) is 18.2. The molecule has 2 saturated heterocycles. The number of ether oxygens (including phenoxy) is 1. The second-order valence-corrected chi connectivity index (χ2v) is 9.93. The summed E-state index contributed by atoms with van der Waals surface area (Å²) in [6.07, 6.45) is 1.74. The molecule has 0 aliphatic carbocycles. The Morgan fingerprint density at radius 2 is 1.62 bits per heavy atom. The van der Waals surface area contributed by atoms with Crippen molar-refractivity contribution in [2.45, 2.75) is 13.8 Å². The van der Waals surface area contributed by atoms with Crippen molar-refractivity contribution in [3.8, 4) is 0 Å². The van der Waals surface area contributed by atoms with Gasteiger partial charge in [-0.2, -0.15) is 0 Å². The molecule has 0 bridgehead atoms. The van der Waals surface area contributed by atoms with Gasteiger partial charge in [0.2, 0.25) is 0 Å². The molecule has 37 heavy (non-hydrogen) atoms. The molecule has 2 heterocycles. The van der Waals surface area contributed by atoms with Crippen LogP contribution < -0.4 is 9.80 Å². The first kappa shape index (κ1) is 24.7. The predicted octanol–water partition coefficient (Wildman–Crippen LogP) is 5.86. The van der Waals surface area contributed by atoms with Crippen LogP contribution in [0.4, 0.5) is 22.7 Å². The number of anilines is 2. The van der Waals surface area contributed by atoms with Gasteiger partial charge in [0, 0.05) is 36.5 Å². The largest absolute Gasteiger partial charge is 0.378 e. The molecule has 3 aromatic carbocycles. The second-order valence-electron chi connectivity index (χ2n) is 8.92. The number of nitro groups is 1. The quantitative estimate of drug-likeness (QED) is 0.241. The average molecular weight is 515 g/mol. The number of nitro benzene ring substituents is 1. The molecule has 1 amide bonds. The molecule has 0 radical (unpaired) electrons. The van der Waals surface area contributed by atoms with Gasteiger partial charge in [0.25, 0.3) is 11.6 Å². The summed E-state index contributed by atoms with van der Waals surface area (Å²) in [4.78, 5) is 33.8. The molecule has 2 aliphatic heterocycles. The molecular formula is C28H26N4O4S. The summed E-state index contributed by atoms with van der Waals surface area (Å²) in [5.41, 5.74) is 5.09. The van der Waals surface area contributed by atoms with Crippen molar-refractivity contribution < 1.29 is 14.5 Å². The molecule has 2 fully saturated rings. The number of hydrogen-bond donors (Lipinski definition) is 0. The van der Waals surface area contributed by atoms with Crippen molar-refractivity contribution in [2.24, 2.45) is 4.99 Å². The number of nitrogens with zero attached hydrogens (tertiary/aromatic N) is 4. The average Bonchev–Trinajstić information content (AvgIpc) is 3.20. The van der Waals surface area contributed by atoms with E-state index in [0.717, 1.165) is 22.5 Å². The Hall–Kier alpha value is -3.95. The van der Waals surface area contributed by atoms with E-state index in [1.54, 1.807) is 17.0 Å². The molecule has 188 valence electrons. The highest BCUT2D eigenvalue weighted by molar-refractivity contribution is 8.19. The monoisotopic (exact) mass is 514 g/mol. The standard InChI is InChI=1S/C28H26N4O4S/c1-19-3-7-22(8-4-19)29-28-31(23-9-5-20(2)6-10-23)27(33)26(37-28)18-21-17-24(32(34)35)11-12-25(21)30-13-15-36-16-14-30/h3-12,17-18H,13-16H2,1-2H3/b26-18+,29-28?. The van der Waals surface area contributed by atoms with Gasteiger partial charge in [-0.3, -0.25) is 19.8 Å². The van der Waals surface area contributed by atoms with Crippen LogP contribution in [-0.2, 0) is 9.53 Å². The number of carbonyl (C=O) groups is 1. The smallest absolute Gasteiger partial charge is 0.271 e. The van der Waals surface area contributed by atoms with E-state index in [1.807, 2.05) is 62.4 Å². The van der Waals surface area contributed by atoms with Gasteiger partial charge in [-0.15, -0.1) is 0 Å². The summed E-state index contributed by atoms with van der Waals surface area (Å²) in [6, 6.07) is 20.3. The van der Waals surface area contributed by atoms with Crippen LogP contribution in [-0.4, -0.2) is 42.3 Å². The van der Waals surface area contributed by atoms with E-state index in [2.05, 4.69) is 4.90 Å². The lowest BCUT2D eigenvalue weighted by Crippen LogP contribution is -2.36. The van der Waals surface area contributed by atoms with E-state index >= 15 is 0 Å². The zero-order valence-electron chi connectivity index (χ0n) is 20.6. The third kappa shape index (κ3) is 5.42. The minimum Gasteiger partial charge on any atom is -0.378 e. The van der Waals surface area contributed by atoms with Crippen LogP contribution in [0, 0.1) is 24.0 Å². The number of thioether (sulfide) groups is 1. The maximum atomic E-state index is 13.7. The van der Waals surface area contributed by atoms with Crippen LogP contribution in [0.15, 0.2) is 76.6 Å². The highest BCUT2D eigenvalue weighted by Crippen LogP contribution is 2.39. The Bertz CT molecular complexity index is 1390. The SMILES string of the molecule is Cc1ccc(N=C2S/C(=C/c3cc([N+](=O)[O-])ccc3N3CCOCC3)C(=O)N2c2ccc(C)cc2)cc1. The van der Waals surface area contributed by atoms with Gasteiger partial charge < -0.3 is 9.64 Å². The van der Waals surface area contributed by atoms with Gasteiger partial charge in [0.15, 0.2) is 5.17 Å². The van der Waals surface area contributed by atoms with Crippen molar-refractivity contribution in [3.05, 3.63) is 98.4 Å². The topological polar surface area (TPSA) is 88.3 Å². The lowest BCUT2D eigenvalue weighted by atomic mass is 10.1. The number of hydrogen-bond acceptors (Lipinski definition) is 7. The maximum Gasteiger partial charge on any atom is 0.271 e. The Morgan fingerprint density at radius 1 is 0.973 bits per heavy atom. The van der Waals surface area contributed by atoms with Gasteiger partial charge in [-0.05, 0) is 62.0 Å². The van der Waals surface area contributed by atoms with E-state index in [9.17, 15) is 14.9 Å². The molecule has 0 unspecified atom stereocenters. The lowest BCUT2D eigenvalue weighted by molar-refractivity contribution is -0.384. The number of aryl methyl sites for hydroxylation is 2. The van der Waals surface area contributed by atoms with Crippen molar-refractivity contribution in [3.63, 3.8) is 0 Å². The summed E-state index contributed by atoms with van der Waals surface area (Å²) < 4.78 is 5.48. The Balaban J connectivity index is 1.59. The van der Waals surface area contributed by atoms with Gasteiger partial charge >= 0.3 is 0 Å². The van der Waals surface area contributed by atoms with Crippen molar-refractivity contribution in [1.82, 2.24) is 0 Å². The van der Waals surface area contributed by atoms with Crippen LogP contribution in [0.3, 0.4) is 0 Å². The number of amides is 1. The number of aliphatic imine (C=N–C) groups is 1. The van der Waals surface area contributed by atoms with Crippen molar-refractivity contribution >= 4 is 51.7 Å². The third-order valence-corrected chi connectivity index (χ3v) is 7.19. The summed E-state index contributed by atoms with van der Waals surface area (Å²) in [5, 5.41) is 12.1. The highest BCUT2D eigenvalue weighted by atomic mass is 32.2. The second kappa shape index (κ2) is 10.6. The third-order valence-electron chi connectivity index (χ3n) is 6.22. The first-order chi connectivity index (χ1) is 17.9. The number of benzene rings is 3. The van der Waals surface area contributed by atoms with Crippen LogP contribution in [0.1, 0.15) is 16.7 Å². The number of amidine groups is 1. The Kier molecular flexibility index (Phi) is 7.07. The van der Waals surface area contributed by atoms with Crippen LogP contribution in [0.2, 0.25) is 0 Å². The number of carbonyl (C=O) groups excluding carboxylic acids is 1. The number of rotatable bonds is 5. The fraction of sp³-hybridized carbons (Fsp3) is 0.214. The lowest BCUT2D eigenvalue weighted by Gasteiger charge is -2.30. The zero-order chi connectivity index (χ0) is 25.9. The Labute approximate surface area is 219 Å². The van der Waals surface area contributed by atoms with Crippen LogP contribution >= 0.6 is 11.8 Å². The summed E-state index contributed by atoms with van der Waals surface area (Å²) in [5.74, 6) is -0.223.